The summed E-state index contributed by atoms with van der Waals surface area (Å²) in [7, 11) is 0. The summed E-state index contributed by atoms with van der Waals surface area (Å²) < 4.78 is 18.6. The van der Waals surface area contributed by atoms with E-state index >= 15 is 0 Å². The molecule has 0 amide bonds. The maximum Gasteiger partial charge on any atom is 0.261 e. The number of ether oxygens (including phenoxy) is 1. The number of aromatic amines is 1. The second kappa shape index (κ2) is 3.68. The van der Waals surface area contributed by atoms with Gasteiger partial charge in [0, 0.05) is 12.1 Å². The summed E-state index contributed by atoms with van der Waals surface area (Å²) in [5.41, 5.74) is -0.192. The van der Waals surface area contributed by atoms with E-state index < -0.39 is 11.4 Å². The van der Waals surface area contributed by atoms with E-state index in [0.29, 0.717) is 17.9 Å². The Kier molecular flexibility index (Phi) is 2.37. The molecule has 0 aliphatic rings. The third kappa shape index (κ3) is 1.68. The van der Waals surface area contributed by atoms with Crippen molar-refractivity contribution in [3.63, 3.8) is 0 Å². The Morgan fingerprint density at radius 2 is 2.33 bits per heavy atom. The summed E-state index contributed by atoms with van der Waals surface area (Å²) in [5.74, 6) is -0.245. The molecule has 1 heterocycles. The molecule has 1 aromatic carbocycles. The number of hydrogen-bond donors (Lipinski definition) is 1. The van der Waals surface area contributed by atoms with E-state index in [9.17, 15) is 9.18 Å². The molecule has 0 radical (unpaired) electrons. The van der Waals surface area contributed by atoms with Crippen molar-refractivity contribution in [2.24, 2.45) is 0 Å². The van der Waals surface area contributed by atoms with Crippen molar-refractivity contribution >= 4 is 10.9 Å². The van der Waals surface area contributed by atoms with Crippen LogP contribution in [-0.2, 0) is 0 Å². The smallest absolute Gasteiger partial charge is 0.261 e. The quantitative estimate of drug-likeness (QED) is 0.812. The molecule has 0 unspecified atom stereocenters. The van der Waals surface area contributed by atoms with Crippen LogP contribution in [-0.4, -0.2) is 16.6 Å². The van der Waals surface area contributed by atoms with Crippen molar-refractivity contribution < 1.29 is 9.13 Å². The first kappa shape index (κ1) is 9.64. The van der Waals surface area contributed by atoms with Gasteiger partial charge < -0.3 is 9.72 Å². The van der Waals surface area contributed by atoms with Gasteiger partial charge in [-0.1, -0.05) is 0 Å². The maximum atomic E-state index is 13.5. The van der Waals surface area contributed by atoms with E-state index in [0.717, 1.165) is 0 Å². The van der Waals surface area contributed by atoms with Gasteiger partial charge in [0.05, 0.1) is 18.5 Å². The fraction of sp³-hybridized carbons (Fsp3) is 0.200. The summed E-state index contributed by atoms with van der Waals surface area (Å²) in [6, 6.07) is 2.72. The molecule has 0 fully saturated rings. The van der Waals surface area contributed by atoms with Crippen molar-refractivity contribution in [1.29, 1.82) is 0 Å². The molecule has 4 nitrogen and oxygen atoms in total. The number of hydrogen-bond acceptors (Lipinski definition) is 3. The summed E-state index contributed by atoms with van der Waals surface area (Å²) in [5, 5.41) is -0.0408. The molecule has 1 aromatic heterocycles. The number of aromatic nitrogens is 2. The first-order chi connectivity index (χ1) is 7.22. The molecular weight excluding hydrogens is 199 g/mol. The first-order valence-electron chi connectivity index (χ1n) is 4.52. The predicted molar refractivity (Wildman–Crippen MR) is 53.5 cm³/mol. The zero-order chi connectivity index (χ0) is 10.8. The normalized spacial score (nSPS) is 10.5. The van der Waals surface area contributed by atoms with Crippen LogP contribution in [0.25, 0.3) is 10.9 Å². The molecule has 78 valence electrons. The number of benzene rings is 1. The van der Waals surface area contributed by atoms with Crippen LogP contribution in [0.1, 0.15) is 6.92 Å². The van der Waals surface area contributed by atoms with Gasteiger partial charge in [-0.05, 0) is 6.92 Å². The third-order valence-corrected chi connectivity index (χ3v) is 1.98. The van der Waals surface area contributed by atoms with E-state index in [1.54, 1.807) is 6.92 Å². The summed E-state index contributed by atoms with van der Waals surface area (Å²) >= 11 is 0. The lowest BCUT2D eigenvalue weighted by atomic mass is 10.2. The molecule has 2 rings (SSSR count). The zero-order valence-electron chi connectivity index (χ0n) is 8.08. The lowest BCUT2D eigenvalue weighted by Crippen LogP contribution is -2.08. The highest BCUT2D eigenvalue weighted by Gasteiger charge is 2.08. The summed E-state index contributed by atoms with van der Waals surface area (Å²) in [6.07, 6.45) is 1.24. The van der Waals surface area contributed by atoms with Gasteiger partial charge in [-0.3, -0.25) is 4.79 Å². The second-order valence-corrected chi connectivity index (χ2v) is 2.96. The Morgan fingerprint density at radius 3 is 3.07 bits per heavy atom. The Hall–Kier alpha value is -1.91. The minimum absolute atomic E-state index is 0.0408. The molecule has 0 saturated heterocycles. The average Bonchev–Trinajstić information content (AvgIpc) is 2.17. The van der Waals surface area contributed by atoms with Crippen LogP contribution in [0.3, 0.4) is 0 Å². The zero-order valence-corrected chi connectivity index (χ0v) is 8.08. The van der Waals surface area contributed by atoms with Crippen LogP contribution >= 0.6 is 0 Å². The second-order valence-electron chi connectivity index (χ2n) is 2.96. The van der Waals surface area contributed by atoms with Crippen LogP contribution in [0.5, 0.6) is 5.75 Å². The van der Waals surface area contributed by atoms with E-state index in [-0.39, 0.29) is 5.39 Å². The van der Waals surface area contributed by atoms with Crippen LogP contribution in [0.2, 0.25) is 0 Å². The number of H-pyrrole nitrogens is 1. The van der Waals surface area contributed by atoms with Crippen molar-refractivity contribution in [3.05, 3.63) is 34.6 Å². The van der Waals surface area contributed by atoms with Crippen LogP contribution in [0.4, 0.5) is 4.39 Å². The molecule has 0 aliphatic heterocycles. The van der Waals surface area contributed by atoms with Crippen molar-refractivity contribution in [2.75, 3.05) is 6.61 Å². The molecular formula is C10H9FN2O2. The average molecular weight is 208 g/mol. The Balaban J connectivity index is 2.73. The van der Waals surface area contributed by atoms with Gasteiger partial charge >= 0.3 is 0 Å². The highest BCUT2D eigenvalue weighted by atomic mass is 19.1. The van der Waals surface area contributed by atoms with Gasteiger partial charge in [0.15, 0.2) is 0 Å². The molecule has 1 N–H and O–H groups in total. The monoisotopic (exact) mass is 208 g/mol. The fourth-order valence-corrected chi connectivity index (χ4v) is 1.38. The highest BCUT2D eigenvalue weighted by molar-refractivity contribution is 5.79. The Labute approximate surface area is 84.7 Å². The minimum atomic E-state index is -0.620. The maximum absolute atomic E-state index is 13.5. The molecule has 2 aromatic rings. The van der Waals surface area contributed by atoms with E-state index in [1.165, 1.54) is 18.5 Å². The minimum Gasteiger partial charge on any atom is -0.494 e. The van der Waals surface area contributed by atoms with Crippen LogP contribution < -0.4 is 10.3 Å². The molecule has 0 saturated carbocycles. The Morgan fingerprint density at radius 1 is 1.53 bits per heavy atom. The lowest BCUT2D eigenvalue weighted by molar-refractivity contribution is 0.339. The Bertz CT molecular complexity index is 551. The molecule has 0 aliphatic carbocycles. The predicted octanol–water partition coefficient (Wildman–Crippen LogP) is 1.46. The van der Waals surface area contributed by atoms with Gasteiger partial charge in [-0.25, -0.2) is 9.37 Å². The number of fused-ring (bicyclic) bond motifs is 1. The number of rotatable bonds is 2. The van der Waals surface area contributed by atoms with Gasteiger partial charge in [0.2, 0.25) is 0 Å². The van der Waals surface area contributed by atoms with Crippen molar-refractivity contribution in [2.45, 2.75) is 6.92 Å². The van der Waals surface area contributed by atoms with E-state index in [4.69, 9.17) is 4.74 Å². The summed E-state index contributed by atoms with van der Waals surface area (Å²) in [4.78, 5) is 17.5. The first-order valence-corrected chi connectivity index (χ1v) is 4.52. The number of halogens is 1. The number of nitrogens with zero attached hydrogens (tertiary/aromatic N) is 1. The van der Waals surface area contributed by atoms with E-state index in [1.807, 2.05) is 0 Å². The largest absolute Gasteiger partial charge is 0.494 e. The van der Waals surface area contributed by atoms with Gasteiger partial charge in [-0.2, -0.15) is 0 Å². The molecule has 0 atom stereocenters. The van der Waals surface area contributed by atoms with Crippen LogP contribution in [0.15, 0.2) is 23.3 Å². The van der Waals surface area contributed by atoms with Gasteiger partial charge in [0.25, 0.3) is 5.56 Å². The number of nitrogens with one attached hydrogen (secondary N) is 1. The highest BCUT2D eigenvalue weighted by Crippen LogP contribution is 2.19. The third-order valence-electron chi connectivity index (χ3n) is 1.98. The topological polar surface area (TPSA) is 55.0 Å². The van der Waals surface area contributed by atoms with Crippen molar-refractivity contribution in [1.82, 2.24) is 9.97 Å². The molecule has 0 spiro atoms. The lowest BCUT2D eigenvalue weighted by Gasteiger charge is -2.04. The van der Waals surface area contributed by atoms with E-state index in [2.05, 4.69) is 9.97 Å². The SMILES string of the molecule is CCOc1cc(F)c2c(=O)[nH]cnc2c1. The molecule has 5 heteroatoms. The van der Waals surface area contributed by atoms with Crippen LogP contribution in [0, 0.1) is 5.82 Å². The molecule has 15 heavy (non-hydrogen) atoms. The standard InChI is InChI=1S/C10H9FN2O2/c1-2-15-6-3-7(11)9-8(4-6)12-5-13-10(9)14/h3-5H,2H2,1H3,(H,12,13,14). The summed E-state index contributed by atoms with van der Waals surface area (Å²) in [6.45, 7) is 2.24. The van der Waals surface area contributed by atoms with Gasteiger partial charge in [0.1, 0.15) is 17.0 Å². The molecule has 0 bridgehead atoms. The van der Waals surface area contributed by atoms with Crippen molar-refractivity contribution in [3.8, 4) is 5.75 Å². The fourth-order valence-electron chi connectivity index (χ4n) is 1.38. The van der Waals surface area contributed by atoms with Gasteiger partial charge in [-0.15, -0.1) is 0 Å².